The van der Waals surface area contributed by atoms with Crippen LogP contribution in [0.4, 0.5) is 26.7 Å². The zero-order valence-electron chi connectivity index (χ0n) is 23.0. The van der Waals surface area contributed by atoms with Crippen molar-refractivity contribution in [3.8, 4) is 6.07 Å². The van der Waals surface area contributed by atoms with Gasteiger partial charge in [-0.2, -0.15) is 32.3 Å². The molecule has 3 atom stereocenters. The number of carbonyl (C=O) groups is 2. The van der Waals surface area contributed by atoms with Gasteiger partial charge in [-0.25, -0.2) is 18.9 Å². The number of allylic oxidation sites excluding steroid dienone is 1. The molecule has 3 aromatic rings. The van der Waals surface area contributed by atoms with Crippen molar-refractivity contribution in [2.75, 3.05) is 6.54 Å². The summed E-state index contributed by atoms with van der Waals surface area (Å²) in [7, 11) is 0. The van der Waals surface area contributed by atoms with Crippen LogP contribution in [0.15, 0.2) is 34.7 Å². The molecule has 4 heterocycles. The molecule has 0 radical (unpaired) electrons. The van der Waals surface area contributed by atoms with Crippen molar-refractivity contribution in [2.24, 2.45) is 5.92 Å². The fraction of sp³-hybridized carbons (Fsp3) is 0.519. The zero-order valence-corrected chi connectivity index (χ0v) is 23.0. The van der Waals surface area contributed by atoms with E-state index in [1.165, 1.54) is 16.8 Å². The Bertz CT molecular complexity index is 1640. The van der Waals surface area contributed by atoms with Crippen molar-refractivity contribution in [1.82, 2.24) is 40.4 Å². The van der Waals surface area contributed by atoms with E-state index < -0.39 is 48.9 Å². The van der Waals surface area contributed by atoms with Gasteiger partial charge in [-0.3, -0.25) is 4.79 Å². The fourth-order valence-electron chi connectivity index (χ4n) is 5.88. The van der Waals surface area contributed by atoms with Gasteiger partial charge in [-0.15, -0.1) is 0 Å². The summed E-state index contributed by atoms with van der Waals surface area (Å²) < 4.78 is 72.6. The van der Waals surface area contributed by atoms with Crippen LogP contribution in [0, 0.1) is 17.2 Å². The van der Waals surface area contributed by atoms with Crippen molar-refractivity contribution in [2.45, 2.75) is 75.2 Å². The molecule has 12 nitrogen and oxygen atoms in total. The monoisotopic (exact) mass is 619 g/mol. The molecular weight excluding hydrogens is 593 g/mol. The Hall–Kier alpha value is -4.62. The molecule has 2 aliphatic carbocycles. The average Bonchev–Trinajstić information content (AvgIpc) is 3.37. The molecule has 3 amide bonds. The normalized spacial score (nSPS) is 22.0. The van der Waals surface area contributed by atoms with Gasteiger partial charge in [0.15, 0.2) is 11.3 Å². The zero-order chi connectivity index (χ0) is 31.2. The van der Waals surface area contributed by atoms with Gasteiger partial charge in [0.25, 0.3) is 12.0 Å². The number of alkyl halides is 3. The van der Waals surface area contributed by atoms with E-state index >= 15 is 0 Å². The molecule has 2 N–H and O–H groups in total. The van der Waals surface area contributed by atoms with Crippen LogP contribution < -0.4 is 10.6 Å². The lowest BCUT2D eigenvalue weighted by molar-refractivity contribution is -0.150. The van der Waals surface area contributed by atoms with Gasteiger partial charge in [-0.05, 0) is 66.8 Å². The molecule has 232 valence electrons. The molecule has 3 fully saturated rings. The van der Waals surface area contributed by atoms with Gasteiger partial charge < -0.3 is 15.5 Å². The summed E-state index contributed by atoms with van der Waals surface area (Å²) >= 11 is 0. The number of nitriles is 1. The van der Waals surface area contributed by atoms with E-state index in [1.54, 1.807) is 6.20 Å². The minimum Gasteiger partial charge on any atom is -0.342 e. The summed E-state index contributed by atoms with van der Waals surface area (Å²) in [4.78, 5) is 31.4. The van der Waals surface area contributed by atoms with Gasteiger partial charge in [-0.1, -0.05) is 5.16 Å². The van der Waals surface area contributed by atoms with Crippen molar-refractivity contribution in [1.29, 1.82) is 5.26 Å². The molecule has 2 saturated carbocycles. The van der Waals surface area contributed by atoms with Crippen molar-refractivity contribution >= 4 is 17.6 Å². The summed E-state index contributed by atoms with van der Waals surface area (Å²) in [5.74, 6) is -0.733. The lowest BCUT2D eigenvalue weighted by Gasteiger charge is -2.30. The Morgan fingerprint density at radius 1 is 1.20 bits per heavy atom. The molecule has 6 rings (SSSR count). The summed E-state index contributed by atoms with van der Waals surface area (Å²) in [5.41, 5.74) is 1.50. The number of fused-ring (bicyclic) bond motifs is 1. The summed E-state index contributed by atoms with van der Waals surface area (Å²) in [5, 5.41) is 26.2. The van der Waals surface area contributed by atoms with E-state index in [1.807, 2.05) is 11.4 Å². The minimum absolute atomic E-state index is 0.0493. The lowest BCUT2D eigenvalue weighted by Crippen LogP contribution is -2.40. The smallest absolute Gasteiger partial charge is 0.342 e. The number of aromatic nitrogens is 5. The van der Waals surface area contributed by atoms with Gasteiger partial charge in [0.1, 0.15) is 11.7 Å². The number of hydrogen-bond donors (Lipinski definition) is 2. The van der Waals surface area contributed by atoms with Crippen molar-refractivity contribution < 1.29 is 36.2 Å². The Balaban J connectivity index is 1.30. The van der Waals surface area contributed by atoms with E-state index in [0.29, 0.717) is 29.8 Å². The predicted molar refractivity (Wildman–Crippen MR) is 139 cm³/mol. The van der Waals surface area contributed by atoms with Crippen LogP contribution in [0.2, 0.25) is 0 Å². The highest BCUT2D eigenvalue weighted by Gasteiger charge is 2.48. The molecule has 0 unspecified atom stereocenters. The first kappa shape index (κ1) is 29.5. The first-order valence-electron chi connectivity index (χ1n) is 14.1. The highest BCUT2D eigenvalue weighted by atomic mass is 19.4. The number of imidazole rings is 1. The fourth-order valence-corrected chi connectivity index (χ4v) is 5.88. The highest BCUT2D eigenvalue weighted by molar-refractivity contribution is 5.93. The second-order valence-corrected chi connectivity index (χ2v) is 11.3. The maximum atomic E-state index is 13.4. The lowest BCUT2D eigenvalue weighted by atomic mass is 9.80. The van der Waals surface area contributed by atoms with E-state index in [9.17, 15) is 36.8 Å². The Morgan fingerprint density at radius 2 is 1.95 bits per heavy atom. The molecular formula is C27H26F5N9O3. The van der Waals surface area contributed by atoms with Crippen LogP contribution in [0.1, 0.15) is 90.4 Å². The topological polar surface area (TPSA) is 154 Å². The number of hydrogen-bond acceptors (Lipinski definition) is 8. The summed E-state index contributed by atoms with van der Waals surface area (Å²) in [6.45, 7) is -0.676. The van der Waals surface area contributed by atoms with E-state index in [-0.39, 0.29) is 48.0 Å². The Kier molecular flexibility index (Phi) is 7.68. The van der Waals surface area contributed by atoms with Crippen LogP contribution >= 0.6 is 0 Å². The van der Waals surface area contributed by atoms with Crippen LogP contribution in [-0.4, -0.2) is 60.5 Å². The van der Waals surface area contributed by atoms with Crippen LogP contribution in [-0.2, 0) is 0 Å². The molecule has 0 aromatic carbocycles. The predicted octanol–water partition coefficient (Wildman–Crippen LogP) is 4.71. The van der Waals surface area contributed by atoms with Gasteiger partial charge in [0.05, 0.1) is 49.2 Å². The Labute approximate surface area is 246 Å². The number of amides is 3. The molecule has 0 spiro atoms. The largest absolute Gasteiger partial charge is 0.410 e. The van der Waals surface area contributed by atoms with Crippen LogP contribution in [0.25, 0.3) is 5.65 Å². The number of halogens is 5. The number of carbonyl (C=O) groups excluding carboxylic acids is 2. The first-order valence-corrected chi connectivity index (χ1v) is 14.1. The van der Waals surface area contributed by atoms with E-state index in [2.05, 4.69) is 25.7 Å². The van der Waals surface area contributed by atoms with Crippen molar-refractivity contribution in [3.05, 3.63) is 52.8 Å². The maximum Gasteiger partial charge on any atom is 0.410 e. The highest BCUT2D eigenvalue weighted by Crippen LogP contribution is 2.41. The molecule has 3 aromatic heterocycles. The third kappa shape index (κ3) is 5.80. The average molecular weight is 620 g/mol. The molecule has 3 aliphatic rings. The summed E-state index contributed by atoms with van der Waals surface area (Å²) in [6.07, 6.45) is -1.02. The standard InChI is InChI=1S/C27H26F5N9O3/c28-24(29)15-5-3-13(4-6-15)21(37-25(42)23-22(14-1-2-14)38-44-39-23)17-11-41-20(35-17)9-16(10-34-41)18(7-8-33)40-12-19(27(30,31)32)36-26(40)43/h9-11,13-14,18-19,21H,1-7,12H2,(H,36,43)(H,37,42)/t18-,19+,21-/m1/s1. The third-order valence-electron chi connectivity index (χ3n) is 8.41. The van der Waals surface area contributed by atoms with Gasteiger partial charge in [0, 0.05) is 5.92 Å². The van der Waals surface area contributed by atoms with Crippen LogP contribution in [0.3, 0.4) is 0 Å². The SMILES string of the molecule is N#CC[C@H](c1cnn2cc([C@H](NC(=O)c3nonc3C3CC3)C3CCC(=C(F)F)CC3)nc2c1)N1C[C@@H](C(F)(F)F)NC1=O. The van der Waals surface area contributed by atoms with Crippen LogP contribution in [0.5, 0.6) is 0 Å². The van der Waals surface area contributed by atoms with Gasteiger partial charge >= 0.3 is 12.2 Å². The number of nitrogens with one attached hydrogen (secondary N) is 2. The number of rotatable bonds is 8. The number of urea groups is 1. The Morgan fingerprint density at radius 3 is 2.59 bits per heavy atom. The van der Waals surface area contributed by atoms with E-state index in [4.69, 9.17) is 4.63 Å². The van der Waals surface area contributed by atoms with E-state index in [0.717, 1.165) is 17.7 Å². The summed E-state index contributed by atoms with van der Waals surface area (Å²) in [6, 6.07) is -1.36. The molecule has 1 aliphatic heterocycles. The third-order valence-corrected chi connectivity index (χ3v) is 8.41. The second kappa shape index (κ2) is 11.5. The quantitative estimate of drug-likeness (QED) is 0.344. The first-order chi connectivity index (χ1) is 21.0. The molecule has 0 bridgehead atoms. The second-order valence-electron chi connectivity index (χ2n) is 11.3. The number of nitrogens with zero attached hydrogens (tertiary/aromatic N) is 7. The molecule has 44 heavy (non-hydrogen) atoms. The maximum absolute atomic E-state index is 13.4. The molecule has 17 heteroatoms. The van der Waals surface area contributed by atoms with Crippen molar-refractivity contribution in [3.63, 3.8) is 0 Å². The molecule has 1 saturated heterocycles. The minimum atomic E-state index is -4.66. The van der Waals surface area contributed by atoms with Gasteiger partial charge in [0.2, 0.25) is 0 Å².